The van der Waals surface area contributed by atoms with Crippen molar-refractivity contribution < 1.29 is 36.4 Å². The minimum Gasteiger partial charge on any atom is -0.426 e. The molecule has 1 atom stereocenters. The number of carbonyl (C=O) groups is 1. The first kappa shape index (κ1) is 16.2. The highest BCUT2D eigenvalue weighted by Crippen LogP contribution is 2.22. The van der Waals surface area contributed by atoms with Crippen molar-refractivity contribution in [3.63, 3.8) is 0 Å². The van der Waals surface area contributed by atoms with E-state index in [1.165, 1.54) is 0 Å². The molecule has 0 radical (unpaired) electrons. The molecule has 0 aromatic rings. The van der Waals surface area contributed by atoms with Gasteiger partial charge in [0.25, 0.3) is 0 Å². The van der Waals surface area contributed by atoms with Gasteiger partial charge in [0.1, 0.15) is 0 Å². The number of nitrogens with zero attached hydrogens (tertiary/aromatic N) is 1. The first-order chi connectivity index (χ1) is 8.56. The van der Waals surface area contributed by atoms with E-state index in [9.17, 15) is 26.4 Å². The van der Waals surface area contributed by atoms with Gasteiger partial charge in [0.2, 0.25) is 5.91 Å². The molecule has 1 aliphatic heterocycles. The third-order valence-corrected chi connectivity index (χ3v) is 3.82. The van der Waals surface area contributed by atoms with E-state index >= 15 is 0 Å². The first-order valence-corrected chi connectivity index (χ1v) is 6.76. The van der Waals surface area contributed by atoms with Gasteiger partial charge in [-0.15, -0.1) is 0 Å². The summed E-state index contributed by atoms with van der Waals surface area (Å²) in [6.07, 6.45) is 0.746. The van der Waals surface area contributed by atoms with Gasteiger partial charge in [0.15, 0.2) is 0 Å². The van der Waals surface area contributed by atoms with E-state index in [1.54, 1.807) is 0 Å². The zero-order chi connectivity index (χ0) is 14.8. The summed E-state index contributed by atoms with van der Waals surface area (Å²) < 4.78 is 58.5. The summed E-state index contributed by atoms with van der Waals surface area (Å²) in [6.45, 7) is -0.945. The molecule has 0 saturated carbocycles. The van der Waals surface area contributed by atoms with Crippen molar-refractivity contribution in [1.82, 2.24) is 9.62 Å². The highest BCUT2D eigenvalue weighted by atomic mass is 32.2. The van der Waals surface area contributed by atoms with Gasteiger partial charge in [-0.25, -0.2) is 8.42 Å². The SMILES string of the molecule is O=C(CNS(=O)(=O)C(F)(F)F)N1CCCC1B(O)O. The van der Waals surface area contributed by atoms with Crippen LogP contribution in [-0.2, 0) is 14.8 Å². The second kappa shape index (κ2) is 5.65. The average Bonchev–Trinajstić information content (AvgIpc) is 2.73. The molecule has 110 valence electrons. The molecule has 1 amide bonds. The summed E-state index contributed by atoms with van der Waals surface area (Å²) in [5.41, 5.74) is -5.49. The summed E-state index contributed by atoms with van der Waals surface area (Å²) in [6, 6.07) is 0. The molecule has 1 rings (SSSR count). The molecular weight excluding hydrogens is 292 g/mol. The largest absolute Gasteiger partial charge is 0.511 e. The van der Waals surface area contributed by atoms with Gasteiger partial charge in [-0.05, 0) is 12.8 Å². The fourth-order valence-corrected chi connectivity index (χ4v) is 2.23. The quantitative estimate of drug-likeness (QED) is 0.544. The molecule has 1 aliphatic rings. The molecule has 19 heavy (non-hydrogen) atoms. The Hall–Kier alpha value is -0.845. The topological polar surface area (TPSA) is 107 Å². The summed E-state index contributed by atoms with van der Waals surface area (Å²) in [5.74, 6) is -1.87. The molecule has 0 aliphatic carbocycles. The number of likely N-dealkylation sites (tertiary alicyclic amines) is 1. The van der Waals surface area contributed by atoms with E-state index in [2.05, 4.69) is 0 Å². The molecular formula is C7H12BF3N2O5S. The number of carbonyl (C=O) groups excluding carboxylic acids is 1. The number of nitrogens with one attached hydrogen (secondary N) is 1. The Balaban J connectivity index is 2.62. The zero-order valence-corrected chi connectivity index (χ0v) is 10.4. The number of halogens is 3. The van der Waals surface area contributed by atoms with Crippen molar-refractivity contribution in [2.24, 2.45) is 0 Å². The van der Waals surface area contributed by atoms with Crippen LogP contribution in [0, 0.1) is 0 Å². The van der Waals surface area contributed by atoms with E-state index in [4.69, 9.17) is 10.0 Å². The average molecular weight is 304 g/mol. The molecule has 0 bridgehead atoms. The summed E-state index contributed by atoms with van der Waals surface area (Å²) in [5, 5.41) is 17.9. The second-order valence-electron chi connectivity index (χ2n) is 3.98. The molecule has 0 spiro atoms. The second-order valence-corrected chi connectivity index (χ2v) is 5.74. The molecule has 0 aromatic heterocycles. The van der Waals surface area contributed by atoms with E-state index < -0.39 is 41.0 Å². The minimum absolute atomic E-state index is 0.134. The van der Waals surface area contributed by atoms with Crippen LogP contribution in [0.2, 0.25) is 0 Å². The Morgan fingerprint density at radius 3 is 2.47 bits per heavy atom. The Bertz CT molecular complexity index is 441. The van der Waals surface area contributed by atoms with Gasteiger partial charge in [-0.1, -0.05) is 0 Å². The number of sulfonamides is 1. The van der Waals surface area contributed by atoms with Gasteiger partial charge in [0, 0.05) is 6.54 Å². The summed E-state index contributed by atoms with van der Waals surface area (Å²) in [7, 11) is -7.40. The van der Waals surface area contributed by atoms with Crippen LogP contribution in [0.4, 0.5) is 13.2 Å². The highest BCUT2D eigenvalue weighted by molar-refractivity contribution is 7.90. The summed E-state index contributed by atoms with van der Waals surface area (Å²) >= 11 is 0. The third-order valence-electron chi connectivity index (χ3n) is 2.68. The standard InChI is InChI=1S/C7H12BF3N2O5S/c9-7(10,11)19(17,18)12-4-6(14)13-3-1-2-5(13)8(15)16/h5,12,15-16H,1-4H2. The van der Waals surface area contributed by atoms with E-state index in [0.717, 1.165) is 9.62 Å². The molecule has 3 N–H and O–H groups in total. The molecule has 12 heteroatoms. The predicted octanol–water partition coefficient (Wildman–Crippen LogP) is -1.57. The maximum atomic E-state index is 12.0. The van der Waals surface area contributed by atoms with Crippen molar-refractivity contribution >= 4 is 23.0 Å². The first-order valence-electron chi connectivity index (χ1n) is 5.28. The molecule has 0 aromatic carbocycles. The van der Waals surface area contributed by atoms with E-state index in [1.807, 2.05) is 0 Å². The Labute approximate surface area is 107 Å². The smallest absolute Gasteiger partial charge is 0.426 e. The van der Waals surface area contributed by atoms with Gasteiger partial charge in [-0.3, -0.25) is 4.79 Å². The monoisotopic (exact) mass is 304 g/mol. The Morgan fingerprint density at radius 2 is 2.00 bits per heavy atom. The van der Waals surface area contributed by atoms with E-state index in [0.29, 0.717) is 6.42 Å². The van der Waals surface area contributed by atoms with Crippen LogP contribution < -0.4 is 4.72 Å². The maximum absolute atomic E-state index is 12.0. The predicted molar refractivity (Wildman–Crippen MR) is 57.9 cm³/mol. The molecule has 1 unspecified atom stereocenters. The molecule has 1 saturated heterocycles. The minimum atomic E-state index is -5.58. The van der Waals surface area contributed by atoms with Crippen molar-refractivity contribution in [1.29, 1.82) is 0 Å². The Morgan fingerprint density at radius 1 is 1.42 bits per heavy atom. The molecule has 1 fully saturated rings. The van der Waals surface area contributed by atoms with Crippen LogP contribution in [0.25, 0.3) is 0 Å². The summed E-state index contributed by atoms with van der Waals surface area (Å²) in [4.78, 5) is 12.5. The van der Waals surface area contributed by atoms with Crippen molar-refractivity contribution in [3.05, 3.63) is 0 Å². The number of alkyl halides is 3. The van der Waals surface area contributed by atoms with Crippen LogP contribution in [0.15, 0.2) is 0 Å². The van der Waals surface area contributed by atoms with Gasteiger partial charge < -0.3 is 14.9 Å². The number of hydrogen-bond donors (Lipinski definition) is 3. The van der Waals surface area contributed by atoms with Gasteiger partial charge in [-0.2, -0.15) is 17.9 Å². The van der Waals surface area contributed by atoms with Crippen LogP contribution in [0.1, 0.15) is 12.8 Å². The highest BCUT2D eigenvalue weighted by Gasteiger charge is 2.46. The lowest BCUT2D eigenvalue weighted by Gasteiger charge is -2.24. The molecule has 7 nitrogen and oxygen atoms in total. The van der Waals surface area contributed by atoms with Crippen LogP contribution >= 0.6 is 0 Å². The number of amides is 1. The maximum Gasteiger partial charge on any atom is 0.511 e. The van der Waals surface area contributed by atoms with Crippen LogP contribution in [0.3, 0.4) is 0 Å². The Kier molecular flexibility index (Phi) is 4.82. The lowest BCUT2D eigenvalue weighted by atomic mass is 9.78. The molecule has 1 heterocycles. The number of hydrogen-bond acceptors (Lipinski definition) is 5. The van der Waals surface area contributed by atoms with Gasteiger partial charge >= 0.3 is 22.7 Å². The van der Waals surface area contributed by atoms with Crippen LogP contribution in [0.5, 0.6) is 0 Å². The zero-order valence-electron chi connectivity index (χ0n) is 9.59. The normalized spacial score (nSPS) is 20.7. The fraction of sp³-hybridized carbons (Fsp3) is 0.857. The third kappa shape index (κ3) is 3.81. The number of rotatable bonds is 4. The van der Waals surface area contributed by atoms with Crippen molar-refractivity contribution in [2.45, 2.75) is 24.3 Å². The van der Waals surface area contributed by atoms with Crippen LogP contribution in [-0.4, -0.2) is 60.9 Å². The fourth-order valence-electron chi connectivity index (χ4n) is 1.75. The van der Waals surface area contributed by atoms with Crippen molar-refractivity contribution in [2.75, 3.05) is 13.1 Å². The lowest BCUT2D eigenvalue weighted by molar-refractivity contribution is -0.130. The van der Waals surface area contributed by atoms with E-state index in [-0.39, 0.29) is 13.0 Å². The lowest BCUT2D eigenvalue weighted by Crippen LogP contribution is -2.50. The van der Waals surface area contributed by atoms with Crippen molar-refractivity contribution in [3.8, 4) is 0 Å². The van der Waals surface area contributed by atoms with Gasteiger partial charge in [0.05, 0.1) is 12.5 Å².